The summed E-state index contributed by atoms with van der Waals surface area (Å²) in [5, 5.41) is 3.79. The summed E-state index contributed by atoms with van der Waals surface area (Å²) in [6.45, 7) is 1.57. The Labute approximate surface area is 174 Å². The highest BCUT2D eigenvalue weighted by atomic mass is 79.9. The van der Waals surface area contributed by atoms with Crippen LogP contribution in [0.15, 0.2) is 54.9 Å². The predicted molar refractivity (Wildman–Crippen MR) is 103 cm³/mol. The Morgan fingerprint density at radius 3 is 2.83 bits per heavy atom. The minimum Gasteiger partial charge on any atom is -0.461 e. The lowest BCUT2D eigenvalue weighted by atomic mass is 10.2. The van der Waals surface area contributed by atoms with Gasteiger partial charge in [-0.2, -0.15) is 4.98 Å². The van der Waals surface area contributed by atoms with Gasteiger partial charge in [0, 0.05) is 10.5 Å². The van der Waals surface area contributed by atoms with Gasteiger partial charge in [0.1, 0.15) is 0 Å². The Morgan fingerprint density at radius 1 is 1.34 bits per heavy atom. The topological polar surface area (TPSA) is 125 Å². The second kappa shape index (κ2) is 7.73. The zero-order valence-corrected chi connectivity index (χ0v) is 17.6. The molecule has 1 saturated carbocycles. The number of hydrogen-bond donors (Lipinski definition) is 1. The van der Waals surface area contributed by atoms with E-state index in [1.165, 1.54) is 24.5 Å². The number of rotatable bonds is 7. The minimum absolute atomic E-state index is 0.00917. The van der Waals surface area contributed by atoms with Gasteiger partial charge in [-0.15, -0.1) is 0 Å². The molecule has 1 N–H and O–H groups in total. The zero-order valence-electron chi connectivity index (χ0n) is 15.2. The van der Waals surface area contributed by atoms with Crippen molar-refractivity contribution in [1.29, 1.82) is 0 Å². The average Bonchev–Trinajstić information content (AvgIpc) is 3.14. The lowest BCUT2D eigenvalue weighted by Gasteiger charge is -2.12. The monoisotopic (exact) mass is 481 g/mol. The fourth-order valence-electron chi connectivity index (χ4n) is 2.50. The van der Waals surface area contributed by atoms with E-state index < -0.39 is 22.1 Å². The van der Waals surface area contributed by atoms with E-state index in [2.05, 4.69) is 30.8 Å². The molecule has 1 unspecified atom stereocenters. The largest absolute Gasteiger partial charge is 0.461 e. The molecule has 1 aliphatic carbocycles. The van der Waals surface area contributed by atoms with E-state index in [0.29, 0.717) is 10.2 Å². The third-order valence-corrected chi connectivity index (χ3v) is 6.39. The smallest absolute Gasteiger partial charge is 0.340 e. The van der Waals surface area contributed by atoms with Gasteiger partial charge in [0.25, 0.3) is 5.89 Å². The fraction of sp³-hybridized carbons (Fsp3) is 0.278. The van der Waals surface area contributed by atoms with Crippen LogP contribution in [0.5, 0.6) is 0 Å². The highest BCUT2D eigenvalue weighted by Gasteiger charge is 2.29. The highest BCUT2D eigenvalue weighted by Crippen LogP contribution is 2.27. The lowest BCUT2D eigenvalue weighted by Crippen LogP contribution is -2.26. The quantitative estimate of drug-likeness (QED) is 0.508. The first-order valence-corrected chi connectivity index (χ1v) is 11.0. The molecule has 0 bridgehead atoms. The molecule has 0 aliphatic heterocycles. The number of halogens is 1. The van der Waals surface area contributed by atoms with Crippen LogP contribution in [0.4, 0.5) is 0 Å². The number of hydrogen-bond acceptors (Lipinski definition) is 8. The maximum absolute atomic E-state index is 12.6. The molecule has 4 rings (SSSR count). The summed E-state index contributed by atoms with van der Waals surface area (Å²) in [4.78, 5) is 16.8. The van der Waals surface area contributed by atoms with E-state index >= 15 is 0 Å². The van der Waals surface area contributed by atoms with E-state index in [-0.39, 0.29) is 28.2 Å². The van der Waals surface area contributed by atoms with E-state index in [0.717, 1.165) is 12.8 Å². The molecule has 0 saturated heterocycles. The third kappa shape index (κ3) is 4.41. The van der Waals surface area contributed by atoms with Crippen molar-refractivity contribution in [3.05, 3.63) is 52.5 Å². The molecule has 0 amide bonds. The Balaban J connectivity index is 1.51. The Hall–Kier alpha value is -2.50. The summed E-state index contributed by atoms with van der Waals surface area (Å²) < 4.78 is 43.5. The molecule has 2 heterocycles. The van der Waals surface area contributed by atoms with E-state index in [4.69, 9.17) is 13.7 Å². The Kier molecular flexibility index (Phi) is 5.28. The number of nitrogens with zero attached hydrogens (tertiary/aromatic N) is 2. The number of carbonyl (C=O) groups is 1. The van der Waals surface area contributed by atoms with Gasteiger partial charge in [0.2, 0.25) is 15.8 Å². The van der Waals surface area contributed by atoms with Crippen molar-refractivity contribution < 1.29 is 26.9 Å². The Bertz CT molecular complexity index is 1140. The summed E-state index contributed by atoms with van der Waals surface area (Å²) in [7, 11) is -3.70. The number of furan rings is 1. The van der Waals surface area contributed by atoms with Crippen LogP contribution >= 0.6 is 15.9 Å². The molecule has 0 radical (unpaired) electrons. The van der Waals surface area contributed by atoms with Crippen molar-refractivity contribution in [2.45, 2.75) is 36.8 Å². The molecule has 1 aliphatic rings. The number of esters is 1. The van der Waals surface area contributed by atoms with Crippen LogP contribution in [0.25, 0.3) is 11.6 Å². The third-order valence-electron chi connectivity index (χ3n) is 4.18. The summed E-state index contributed by atoms with van der Waals surface area (Å²) in [5.41, 5.74) is 0.0706. The molecule has 11 heteroatoms. The summed E-state index contributed by atoms with van der Waals surface area (Å²) in [6, 6.07) is 7.49. The first kappa shape index (κ1) is 19.8. The molecule has 1 fully saturated rings. The van der Waals surface area contributed by atoms with Gasteiger partial charge < -0.3 is 13.7 Å². The SMILES string of the molecule is CC(OC(=O)c1cc(S(=O)(=O)NC2CC2)ccc1Br)c1nc(-c2ccco2)no1. The van der Waals surface area contributed by atoms with Crippen molar-refractivity contribution in [1.82, 2.24) is 14.9 Å². The maximum atomic E-state index is 12.6. The number of nitrogens with one attached hydrogen (secondary N) is 1. The van der Waals surface area contributed by atoms with Gasteiger partial charge in [0.05, 0.1) is 16.7 Å². The molecule has 3 aromatic rings. The molecular formula is C18H16BrN3O6S. The van der Waals surface area contributed by atoms with Crippen LogP contribution in [0, 0.1) is 0 Å². The van der Waals surface area contributed by atoms with Gasteiger partial charge in [-0.3, -0.25) is 0 Å². The highest BCUT2D eigenvalue weighted by molar-refractivity contribution is 9.10. The molecule has 29 heavy (non-hydrogen) atoms. The van der Waals surface area contributed by atoms with Gasteiger partial charge in [-0.25, -0.2) is 17.9 Å². The first-order chi connectivity index (χ1) is 13.8. The molecule has 1 atom stereocenters. The van der Waals surface area contributed by atoms with Crippen molar-refractivity contribution in [3.63, 3.8) is 0 Å². The average molecular weight is 482 g/mol. The second-order valence-corrected chi connectivity index (χ2v) is 9.09. The molecule has 1 aromatic carbocycles. The summed E-state index contributed by atoms with van der Waals surface area (Å²) in [6.07, 6.45) is 2.25. The normalized spacial score (nSPS) is 15.2. The van der Waals surface area contributed by atoms with E-state index in [1.807, 2.05) is 0 Å². The number of ether oxygens (including phenoxy) is 1. The van der Waals surface area contributed by atoms with Crippen LogP contribution in [0.1, 0.15) is 42.1 Å². The standard InChI is InChI=1S/C18H16BrN3O6S/c1-10(17-20-16(21-28-17)15-3-2-8-26-15)27-18(23)13-9-12(6-7-14(13)19)29(24,25)22-11-4-5-11/h2-3,6-11,22H,4-5H2,1H3. The molecule has 2 aromatic heterocycles. The number of sulfonamides is 1. The maximum Gasteiger partial charge on any atom is 0.340 e. The lowest BCUT2D eigenvalue weighted by molar-refractivity contribution is 0.0264. The van der Waals surface area contributed by atoms with Crippen LogP contribution < -0.4 is 4.72 Å². The van der Waals surface area contributed by atoms with Crippen LogP contribution in [0.2, 0.25) is 0 Å². The van der Waals surface area contributed by atoms with E-state index in [9.17, 15) is 13.2 Å². The van der Waals surface area contributed by atoms with Gasteiger partial charge in [-0.1, -0.05) is 5.16 Å². The number of carbonyl (C=O) groups excluding carboxylic acids is 1. The van der Waals surface area contributed by atoms with Gasteiger partial charge >= 0.3 is 5.97 Å². The van der Waals surface area contributed by atoms with E-state index in [1.54, 1.807) is 19.1 Å². The molecule has 9 nitrogen and oxygen atoms in total. The zero-order chi connectivity index (χ0) is 20.6. The number of aromatic nitrogens is 2. The van der Waals surface area contributed by atoms with Crippen molar-refractivity contribution >= 4 is 31.9 Å². The number of benzene rings is 1. The van der Waals surface area contributed by atoms with Gasteiger partial charge in [0.15, 0.2) is 11.9 Å². The van der Waals surface area contributed by atoms with Crippen LogP contribution in [-0.4, -0.2) is 30.6 Å². The van der Waals surface area contributed by atoms with Crippen LogP contribution in [-0.2, 0) is 14.8 Å². The van der Waals surface area contributed by atoms with Crippen molar-refractivity contribution in [3.8, 4) is 11.6 Å². The fourth-order valence-corrected chi connectivity index (χ4v) is 4.24. The predicted octanol–water partition coefficient (Wildman–Crippen LogP) is 3.45. The molecular weight excluding hydrogens is 466 g/mol. The van der Waals surface area contributed by atoms with Crippen molar-refractivity contribution in [2.75, 3.05) is 0 Å². The minimum atomic E-state index is -3.70. The van der Waals surface area contributed by atoms with Gasteiger partial charge in [-0.05, 0) is 66.0 Å². The molecule has 0 spiro atoms. The van der Waals surface area contributed by atoms with Crippen LogP contribution in [0.3, 0.4) is 0 Å². The summed E-state index contributed by atoms with van der Waals surface area (Å²) >= 11 is 3.26. The van der Waals surface area contributed by atoms with Crippen molar-refractivity contribution in [2.24, 2.45) is 0 Å². The Morgan fingerprint density at radius 2 is 2.14 bits per heavy atom. The summed E-state index contributed by atoms with van der Waals surface area (Å²) in [5.74, 6) is 0.00121. The first-order valence-electron chi connectivity index (χ1n) is 8.74. The second-order valence-electron chi connectivity index (χ2n) is 6.52. The molecule has 152 valence electrons.